The lowest BCUT2D eigenvalue weighted by atomic mass is 9.95. The predicted molar refractivity (Wildman–Crippen MR) is 113 cm³/mol. The average Bonchev–Trinajstić information content (AvgIpc) is 2.86. The van der Waals surface area contributed by atoms with Crippen molar-refractivity contribution >= 4 is 5.91 Å². The summed E-state index contributed by atoms with van der Waals surface area (Å²) in [6.07, 6.45) is -23.0. The highest BCUT2D eigenvalue weighted by atomic mass is 16.8. The summed E-state index contributed by atoms with van der Waals surface area (Å²) in [7, 11) is 0. The number of rotatable bonds is 8. The van der Waals surface area contributed by atoms with Crippen LogP contribution < -0.4 is 5.32 Å². The fraction of sp³-hybridized carbons (Fsp3) is 0.950. The first-order valence-corrected chi connectivity index (χ1v) is 11.6. The minimum atomic E-state index is -1.86. The molecule has 3 saturated heterocycles. The fourth-order valence-corrected chi connectivity index (χ4v) is 4.34. The zero-order valence-electron chi connectivity index (χ0n) is 19.7. The summed E-state index contributed by atoms with van der Waals surface area (Å²) >= 11 is 0. The molecule has 11 N–H and O–H groups in total. The van der Waals surface area contributed by atoms with E-state index in [1.165, 1.54) is 0 Å². The van der Waals surface area contributed by atoms with Crippen LogP contribution in [0.4, 0.5) is 0 Å². The highest BCUT2D eigenvalue weighted by Gasteiger charge is 2.52. The van der Waals surface area contributed by atoms with E-state index in [1.54, 1.807) is 0 Å². The molecule has 216 valence electrons. The van der Waals surface area contributed by atoms with Crippen molar-refractivity contribution in [2.45, 2.75) is 99.0 Å². The lowest BCUT2D eigenvalue weighted by molar-refractivity contribution is -0.362. The van der Waals surface area contributed by atoms with Gasteiger partial charge in [0.25, 0.3) is 0 Å². The van der Waals surface area contributed by atoms with Gasteiger partial charge in [0, 0.05) is 6.92 Å². The van der Waals surface area contributed by atoms with Crippen LogP contribution in [-0.2, 0) is 28.5 Å². The van der Waals surface area contributed by atoms with Gasteiger partial charge in [-0.2, -0.15) is 0 Å². The topological polar surface area (TPSA) is 278 Å². The first-order chi connectivity index (χ1) is 17.4. The van der Waals surface area contributed by atoms with Crippen molar-refractivity contribution in [3.63, 3.8) is 0 Å². The smallest absolute Gasteiger partial charge is 0.217 e. The van der Waals surface area contributed by atoms with E-state index in [0.29, 0.717) is 0 Å². The zero-order valence-corrected chi connectivity index (χ0v) is 19.7. The van der Waals surface area contributed by atoms with Gasteiger partial charge in [0.2, 0.25) is 5.91 Å². The Morgan fingerprint density at radius 3 is 1.81 bits per heavy atom. The number of carbonyl (C=O) groups is 1. The molecular weight excluding hydrogens is 510 g/mol. The number of ether oxygens (including phenoxy) is 5. The van der Waals surface area contributed by atoms with Gasteiger partial charge in [-0.15, -0.1) is 0 Å². The molecule has 0 bridgehead atoms. The van der Waals surface area contributed by atoms with Crippen LogP contribution in [0.3, 0.4) is 0 Å². The van der Waals surface area contributed by atoms with E-state index in [1.807, 2.05) is 0 Å². The van der Waals surface area contributed by atoms with Gasteiger partial charge in [-0.25, -0.2) is 0 Å². The van der Waals surface area contributed by atoms with Gasteiger partial charge < -0.3 is 80.1 Å². The molecule has 3 heterocycles. The van der Waals surface area contributed by atoms with E-state index in [9.17, 15) is 55.9 Å². The number of aliphatic hydroxyl groups excluding tert-OH is 10. The van der Waals surface area contributed by atoms with Crippen LogP contribution in [0.5, 0.6) is 0 Å². The van der Waals surface area contributed by atoms with Crippen LogP contribution in [0.1, 0.15) is 6.92 Å². The van der Waals surface area contributed by atoms with Crippen molar-refractivity contribution in [2.24, 2.45) is 0 Å². The van der Waals surface area contributed by atoms with Crippen LogP contribution in [0.25, 0.3) is 0 Å². The van der Waals surface area contributed by atoms with Gasteiger partial charge in [0.1, 0.15) is 73.2 Å². The SMILES string of the molecule is CC(=O)N[C@H]1[C@H](O[C@@H]2[C@H](OC[C@H]3O[C@@H](O)[C@H](O)[C@@H](O)[C@@H]3O)O[C@H](CO)[C@@H](O)[C@@H]2O)O[C@H](CO)[C@@H](O)[C@@H]1O. The normalized spacial score (nSPS) is 49.0. The number of nitrogens with one attached hydrogen (secondary N) is 1. The highest BCUT2D eigenvalue weighted by Crippen LogP contribution is 2.30. The molecule has 37 heavy (non-hydrogen) atoms. The molecule has 3 fully saturated rings. The number of aliphatic hydroxyl groups is 10. The van der Waals surface area contributed by atoms with Crippen molar-refractivity contribution in [1.29, 1.82) is 0 Å². The van der Waals surface area contributed by atoms with Crippen molar-refractivity contribution in [1.82, 2.24) is 5.32 Å². The molecular formula is C20H35NO16. The molecule has 0 aromatic rings. The Labute approximate surface area is 210 Å². The van der Waals surface area contributed by atoms with Crippen LogP contribution in [0.15, 0.2) is 0 Å². The molecule has 17 heteroatoms. The molecule has 0 saturated carbocycles. The van der Waals surface area contributed by atoms with Gasteiger partial charge in [-0.1, -0.05) is 0 Å². The Balaban J connectivity index is 1.80. The van der Waals surface area contributed by atoms with Crippen molar-refractivity contribution in [3.05, 3.63) is 0 Å². The van der Waals surface area contributed by atoms with Gasteiger partial charge in [0.05, 0.1) is 19.8 Å². The summed E-state index contributed by atoms with van der Waals surface area (Å²) in [5.74, 6) is -0.646. The molecule has 0 aliphatic carbocycles. The van der Waals surface area contributed by atoms with E-state index < -0.39 is 118 Å². The van der Waals surface area contributed by atoms with Crippen LogP contribution in [0.2, 0.25) is 0 Å². The lowest BCUT2D eigenvalue weighted by Gasteiger charge is -2.47. The fourth-order valence-electron chi connectivity index (χ4n) is 4.34. The number of hydrogen-bond acceptors (Lipinski definition) is 16. The minimum Gasteiger partial charge on any atom is -0.394 e. The second-order valence-corrected chi connectivity index (χ2v) is 9.11. The zero-order chi connectivity index (χ0) is 27.6. The predicted octanol–water partition coefficient (Wildman–Crippen LogP) is -7.43. The second kappa shape index (κ2) is 12.8. The summed E-state index contributed by atoms with van der Waals surface area (Å²) < 4.78 is 27.2. The maximum absolute atomic E-state index is 11.7. The lowest BCUT2D eigenvalue weighted by Crippen LogP contribution is -2.67. The van der Waals surface area contributed by atoms with E-state index in [4.69, 9.17) is 23.7 Å². The molecule has 0 spiro atoms. The van der Waals surface area contributed by atoms with Gasteiger partial charge in [0.15, 0.2) is 18.9 Å². The summed E-state index contributed by atoms with van der Waals surface area (Å²) in [5, 5.41) is 102. The largest absolute Gasteiger partial charge is 0.394 e. The quantitative estimate of drug-likeness (QED) is 0.135. The third-order valence-electron chi connectivity index (χ3n) is 6.48. The Morgan fingerprint density at radius 1 is 0.703 bits per heavy atom. The highest BCUT2D eigenvalue weighted by molar-refractivity contribution is 5.73. The summed E-state index contributed by atoms with van der Waals surface area (Å²) in [6, 6.07) is -1.41. The van der Waals surface area contributed by atoms with Crippen molar-refractivity contribution in [2.75, 3.05) is 19.8 Å². The molecule has 3 aliphatic rings. The maximum Gasteiger partial charge on any atom is 0.217 e. The van der Waals surface area contributed by atoms with Crippen LogP contribution in [-0.4, -0.2) is 169 Å². The van der Waals surface area contributed by atoms with Crippen LogP contribution >= 0.6 is 0 Å². The Hall–Kier alpha value is -1.13. The second-order valence-electron chi connectivity index (χ2n) is 9.11. The third-order valence-corrected chi connectivity index (χ3v) is 6.48. The van der Waals surface area contributed by atoms with E-state index in [2.05, 4.69) is 5.32 Å². The Kier molecular flexibility index (Phi) is 10.5. The van der Waals surface area contributed by atoms with Crippen molar-refractivity contribution in [3.8, 4) is 0 Å². The Bertz CT molecular complexity index is 747. The maximum atomic E-state index is 11.7. The molecule has 1 amide bonds. The monoisotopic (exact) mass is 545 g/mol. The Morgan fingerprint density at radius 2 is 1.24 bits per heavy atom. The molecule has 0 aromatic carbocycles. The molecule has 0 aromatic heterocycles. The first-order valence-electron chi connectivity index (χ1n) is 11.6. The van der Waals surface area contributed by atoms with Gasteiger partial charge in [-0.3, -0.25) is 4.79 Å². The molecule has 17 nitrogen and oxygen atoms in total. The molecule has 3 aliphatic heterocycles. The molecule has 3 rings (SSSR count). The standard InChI is InChI=1S/C20H35NO16/c1-5(24)21-9-13(28)10(25)6(2-22)35-19(9)37-17-15(30)11(26)7(3-23)36-20(17)33-4-8-12(27)14(29)16(31)18(32)34-8/h6-20,22-23,25-32H,2-4H2,1H3,(H,21,24)/t6-,7-,8-,9-,10-,11-,12-,13-,14+,15+,16-,17+,18-,19+,20-/m1/s1. The van der Waals surface area contributed by atoms with E-state index in [-0.39, 0.29) is 0 Å². The number of amides is 1. The summed E-state index contributed by atoms with van der Waals surface area (Å²) in [5.41, 5.74) is 0. The first kappa shape index (κ1) is 30.4. The van der Waals surface area contributed by atoms with Gasteiger partial charge >= 0.3 is 0 Å². The van der Waals surface area contributed by atoms with Crippen molar-refractivity contribution < 1.29 is 79.5 Å². The van der Waals surface area contributed by atoms with E-state index in [0.717, 1.165) is 6.92 Å². The van der Waals surface area contributed by atoms with E-state index >= 15 is 0 Å². The minimum absolute atomic E-state index is 0.616. The van der Waals surface area contributed by atoms with Crippen LogP contribution in [0, 0.1) is 0 Å². The molecule has 0 radical (unpaired) electrons. The molecule has 15 atom stereocenters. The van der Waals surface area contributed by atoms with Gasteiger partial charge in [-0.05, 0) is 0 Å². The number of carbonyl (C=O) groups excluding carboxylic acids is 1. The molecule has 0 unspecified atom stereocenters. The summed E-state index contributed by atoms with van der Waals surface area (Å²) in [4.78, 5) is 11.7. The average molecular weight is 545 g/mol. The number of hydrogen-bond donors (Lipinski definition) is 11. The third kappa shape index (κ3) is 6.55. The summed E-state index contributed by atoms with van der Waals surface area (Å²) in [6.45, 7) is -1.02.